The van der Waals surface area contributed by atoms with Gasteiger partial charge in [-0.1, -0.05) is 127 Å². The number of aromatic nitrogens is 2. The predicted molar refractivity (Wildman–Crippen MR) is 202 cm³/mol. The molecule has 0 bridgehead atoms. The topological polar surface area (TPSA) is 140 Å². The molecule has 10 nitrogen and oxygen atoms in total. The average molecular weight is 759 g/mol. The second kappa shape index (κ2) is 17.3. The van der Waals surface area contributed by atoms with Crippen molar-refractivity contribution in [2.45, 2.75) is 74.1 Å². The number of aliphatic hydroxyl groups is 1. The van der Waals surface area contributed by atoms with Crippen molar-refractivity contribution in [1.82, 2.24) is 20.2 Å². The van der Waals surface area contributed by atoms with Gasteiger partial charge < -0.3 is 19.9 Å². The number of carbonyl (C=O) groups is 1. The van der Waals surface area contributed by atoms with E-state index in [1.807, 2.05) is 92.7 Å². The van der Waals surface area contributed by atoms with Gasteiger partial charge in [0.05, 0.1) is 23.7 Å². The van der Waals surface area contributed by atoms with Crippen molar-refractivity contribution in [3.05, 3.63) is 142 Å². The van der Waals surface area contributed by atoms with E-state index in [1.165, 1.54) is 12.1 Å². The highest BCUT2D eigenvalue weighted by Gasteiger charge is 2.38. The van der Waals surface area contributed by atoms with E-state index >= 15 is 0 Å². The van der Waals surface area contributed by atoms with Gasteiger partial charge in [-0.25, -0.2) is 8.42 Å². The molecule has 0 radical (unpaired) electrons. The molecular weight excluding hydrogens is 717 g/mol. The molecule has 1 fully saturated rings. The summed E-state index contributed by atoms with van der Waals surface area (Å²) in [5.41, 5.74) is 5.26. The summed E-state index contributed by atoms with van der Waals surface area (Å²) in [5.74, 6) is 0.264. The summed E-state index contributed by atoms with van der Waals surface area (Å²) in [6, 6.07) is 30.3. The lowest BCUT2D eigenvalue weighted by Gasteiger charge is -2.41. The average Bonchev–Trinajstić information content (AvgIpc) is 3.58. The lowest BCUT2D eigenvalue weighted by atomic mass is 9.91. The molecule has 1 aromatic heterocycles. The summed E-state index contributed by atoms with van der Waals surface area (Å²) in [6.45, 7) is 6.10. The molecular formula is C39H42N4O6S3. The number of aryl methyl sites for hydroxylation is 2. The molecule has 6 rings (SSSR count). The van der Waals surface area contributed by atoms with Gasteiger partial charge in [0.2, 0.25) is 15.9 Å². The summed E-state index contributed by atoms with van der Waals surface area (Å²) < 4.78 is 43.2. The maximum absolute atomic E-state index is 13.5. The molecule has 5 atom stereocenters. The van der Waals surface area contributed by atoms with Gasteiger partial charge in [-0.3, -0.25) is 4.79 Å². The van der Waals surface area contributed by atoms with Crippen molar-refractivity contribution in [1.29, 1.82) is 0 Å². The van der Waals surface area contributed by atoms with E-state index in [0.717, 1.165) is 42.7 Å². The molecule has 1 aliphatic heterocycles. The second-order valence-corrected chi connectivity index (χ2v) is 17.0. The van der Waals surface area contributed by atoms with E-state index in [9.17, 15) is 18.3 Å². The third-order valence-corrected chi connectivity index (χ3v) is 12.5. The van der Waals surface area contributed by atoms with Crippen molar-refractivity contribution in [2.75, 3.05) is 5.75 Å². The molecule has 3 N–H and O–H groups in total. The van der Waals surface area contributed by atoms with Gasteiger partial charge in [0.15, 0.2) is 10.6 Å². The van der Waals surface area contributed by atoms with E-state index in [-0.39, 0.29) is 42.6 Å². The van der Waals surface area contributed by atoms with Crippen molar-refractivity contribution in [3.8, 4) is 0 Å². The maximum atomic E-state index is 13.5. The van der Waals surface area contributed by atoms with Crippen LogP contribution in [0.5, 0.6) is 0 Å². The van der Waals surface area contributed by atoms with Crippen LogP contribution in [0, 0.1) is 19.8 Å². The smallest absolute Gasteiger partial charge is 0.241 e. The van der Waals surface area contributed by atoms with E-state index in [0.29, 0.717) is 5.75 Å². The van der Waals surface area contributed by atoms with Crippen molar-refractivity contribution < 1.29 is 27.8 Å². The summed E-state index contributed by atoms with van der Waals surface area (Å²) in [5, 5.41) is 21.8. The Morgan fingerprint density at radius 1 is 0.865 bits per heavy atom. The first-order chi connectivity index (χ1) is 25.1. The van der Waals surface area contributed by atoms with Gasteiger partial charge in [0, 0.05) is 23.8 Å². The van der Waals surface area contributed by atoms with Crippen molar-refractivity contribution in [3.63, 3.8) is 0 Å². The lowest BCUT2D eigenvalue weighted by molar-refractivity contribution is -0.268. The number of amides is 1. The number of nitrogens with zero attached hydrogens (tertiary/aromatic N) is 2. The number of aliphatic hydroxyl groups excluding tert-OH is 1. The minimum absolute atomic E-state index is 0.0273. The van der Waals surface area contributed by atoms with Gasteiger partial charge in [-0.05, 0) is 54.7 Å². The molecule has 1 saturated heterocycles. The first-order valence-electron chi connectivity index (χ1n) is 17.0. The highest BCUT2D eigenvalue weighted by Crippen LogP contribution is 2.43. The number of hydrogen-bond acceptors (Lipinski definition) is 10. The molecule has 2 heterocycles. The molecule has 4 aromatic carbocycles. The second-order valence-electron chi connectivity index (χ2n) is 12.9. The summed E-state index contributed by atoms with van der Waals surface area (Å²) >= 11 is 3.17. The Morgan fingerprint density at radius 3 is 2.19 bits per heavy atom. The fourth-order valence-electron chi connectivity index (χ4n) is 5.92. The first kappa shape index (κ1) is 37.8. The van der Waals surface area contributed by atoms with Crippen molar-refractivity contribution in [2.24, 2.45) is 5.92 Å². The molecule has 13 heteroatoms. The molecule has 0 aliphatic carbocycles. The highest BCUT2D eigenvalue weighted by molar-refractivity contribution is 8.01. The maximum Gasteiger partial charge on any atom is 0.241 e. The summed E-state index contributed by atoms with van der Waals surface area (Å²) in [4.78, 5) is 13.6. The van der Waals surface area contributed by atoms with Crippen LogP contribution in [-0.2, 0) is 43.9 Å². The Balaban J connectivity index is 1.15. The Kier molecular flexibility index (Phi) is 12.5. The fourth-order valence-corrected chi connectivity index (χ4v) is 9.12. The molecule has 0 saturated carbocycles. The van der Waals surface area contributed by atoms with Crippen LogP contribution in [0.4, 0.5) is 0 Å². The van der Waals surface area contributed by atoms with Gasteiger partial charge in [-0.15, -0.1) is 10.2 Å². The van der Waals surface area contributed by atoms with Crippen molar-refractivity contribution >= 4 is 39.0 Å². The molecule has 272 valence electrons. The van der Waals surface area contributed by atoms with Gasteiger partial charge in [-0.2, -0.15) is 4.72 Å². The van der Waals surface area contributed by atoms with Gasteiger partial charge in [0.25, 0.3) is 0 Å². The molecule has 0 unspecified atom stereocenters. The van der Waals surface area contributed by atoms with Crippen LogP contribution in [0.2, 0.25) is 0 Å². The standard InChI is InChI=1S/C39H42N4O6S3/c1-25-9-19-33(20-10-25)52(46,47)43-34(21-28-7-5-4-6-8-28)37(45)40-22-29-11-17-32(18-12-29)38-48-35(24-50-39-42-41-27(3)51-39)26(2)36(49-38)31-15-13-30(23-44)14-16-31/h4-20,26,34-36,38,43-44H,21-24H2,1-3H3,(H,40,45)/t26-,34+,35+,36+,38+/m0/s1. The van der Waals surface area contributed by atoms with Crippen LogP contribution in [0.25, 0.3) is 0 Å². The van der Waals surface area contributed by atoms with Crippen LogP contribution in [-0.4, -0.2) is 47.5 Å². The predicted octanol–water partition coefficient (Wildman–Crippen LogP) is 6.44. The zero-order chi connectivity index (χ0) is 36.7. The molecule has 5 aromatic rings. The fraction of sp³-hybridized carbons (Fsp3) is 0.308. The Hall–Kier alpha value is -3.95. The third kappa shape index (κ3) is 9.72. The first-order valence-corrected chi connectivity index (χ1v) is 20.3. The molecule has 1 aliphatic rings. The summed E-state index contributed by atoms with van der Waals surface area (Å²) in [6.07, 6.45) is -0.860. The van der Waals surface area contributed by atoms with Gasteiger partial charge >= 0.3 is 0 Å². The lowest BCUT2D eigenvalue weighted by Crippen LogP contribution is -2.47. The normalized spacial score (nSPS) is 19.6. The van der Waals surface area contributed by atoms with E-state index in [2.05, 4.69) is 27.2 Å². The monoisotopic (exact) mass is 758 g/mol. The SMILES string of the molecule is Cc1ccc(S(=O)(=O)N[C@H](Cc2ccccc2)C(=O)NCc2ccc([C@@H]3O[C@H](CSc4nnc(C)s4)[C@H](C)[C@H](c4ccc(CO)cc4)O3)cc2)cc1. The third-order valence-electron chi connectivity index (χ3n) is 8.95. The van der Waals surface area contributed by atoms with E-state index in [4.69, 9.17) is 9.47 Å². The number of benzene rings is 4. The minimum Gasteiger partial charge on any atom is -0.392 e. The van der Waals surface area contributed by atoms with E-state index in [1.54, 1.807) is 35.2 Å². The van der Waals surface area contributed by atoms with Crippen LogP contribution in [0.3, 0.4) is 0 Å². The number of nitrogens with one attached hydrogen (secondary N) is 2. The quantitative estimate of drug-likeness (QED) is 0.109. The minimum atomic E-state index is -3.96. The zero-order valence-electron chi connectivity index (χ0n) is 29.1. The molecule has 52 heavy (non-hydrogen) atoms. The number of sulfonamides is 1. The molecule has 0 spiro atoms. The van der Waals surface area contributed by atoms with Crippen LogP contribution < -0.4 is 10.0 Å². The molecule has 1 amide bonds. The van der Waals surface area contributed by atoms with Crippen LogP contribution in [0.1, 0.15) is 57.7 Å². The van der Waals surface area contributed by atoms with E-state index < -0.39 is 28.3 Å². The van der Waals surface area contributed by atoms with Gasteiger partial charge in [0.1, 0.15) is 11.0 Å². The number of hydrogen-bond donors (Lipinski definition) is 3. The number of rotatable bonds is 14. The number of ether oxygens (including phenoxy) is 2. The van der Waals surface area contributed by atoms with Crippen LogP contribution in [0.15, 0.2) is 112 Å². The largest absolute Gasteiger partial charge is 0.392 e. The number of carbonyl (C=O) groups excluding carboxylic acids is 1. The number of thioether (sulfide) groups is 1. The Bertz CT molecular complexity index is 2030. The highest BCUT2D eigenvalue weighted by atomic mass is 32.2. The Labute approximate surface area is 313 Å². The van der Waals surface area contributed by atoms with Crippen LogP contribution >= 0.6 is 23.1 Å². The summed E-state index contributed by atoms with van der Waals surface area (Å²) in [7, 11) is -3.96. The Morgan fingerprint density at radius 2 is 1.54 bits per heavy atom. The zero-order valence-corrected chi connectivity index (χ0v) is 31.6.